The second-order valence-corrected chi connectivity index (χ2v) is 8.16. The third-order valence-corrected chi connectivity index (χ3v) is 5.37. The lowest BCUT2D eigenvalue weighted by molar-refractivity contribution is -0.129. The normalized spacial score (nSPS) is 18.4. The number of fused-ring (bicyclic) bond motifs is 2. The summed E-state index contributed by atoms with van der Waals surface area (Å²) in [5.41, 5.74) is 0.671. The fraction of sp³-hybridized carbons (Fsp3) is 0.320. The van der Waals surface area contributed by atoms with Gasteiger partial charge in [-0.3, -0.25) is 4.79 Å². The molecule has 29 heavy (non-hydrogen) atoms. The lowest BCUT2D eigenvalue weighted by Crippen LogP contribution is -2.45. The summed E-state index contributed by atoms with van der Waals surface area (Å²) in [6.07, 6.45) is 0.739. The van der Waals surface area contributed by atoms with Crippen LogP contribution in [0.25, 0.3) is 10.8 Å². The third-order valence-electron chi connectivity index (χ3n) is 5.37. The van der Waals surface area contributed by atoms with Crippen molar-refractivity contribution in [2.75, 3.05) is 0 Å². The van der Waals surface area contributed by atoms with Gasteiger partial charge in [-0.15, -0.1) is 0 Å². The molecule has 1 N–H and O–H groups in total. The van der Waals surface area contributed by atoms with Crippen LogP contribution in [0.4, 0.5) is 0 Å². The molecule has 1 amide bonds. The van der Waals surface area contributed by atoms with Crippen LogP contribution in [0.1, 0.15) is 45.2 Å². The maximum Gasteiger partial charge on any atom is 0.261 e. The van der Waals surface area contributed by atoms with Crippen LogP contribution in [-0.4, -0.2) is 17.6 Å². The lowest BCUT2D eigenvalue weighted by Gasteiger charge is -2.38. The van der Waals surface area contributed by atoms with Gasteiger partial charge in [0.2, 0.25) is 0 Å². The number of amides is 1. The third kappa shape index (κ3) is 4.07. The number of nitrogens with one attached hydrogen (secondary N) is 1. The summed E-state index contributed by atoms with van der Waals surface area (Å²) in [5, 5.41) is 5.32. The molecule has 0 radical (unpaired) electrons. The quantitative estimate of drug-likeness (QED) is 0.634. The Kier molecular flexibility index (Phi) is 5.18. The highest BCUT2D eigenvalue weighted by atomic mass is 16.5. The number of para-hydroxylation sites is 1. The Morgan fingerprint density at radius 3 is 2.66 bits per heavy atom. The molecule has 2 unspecified atom stereocenters. The topological polar surface area (TPSA) is 47.6 Å². The maximum absolute atomic E-state index is 13.1. The largest absolute Gasteiger partial charge is 0.487 e. The van der Waals surface area contributed by atoms with Crippen LogP contribution < -0.4 is 14.8 Å². The molecule has 1 heterocycles. The van der Waals surface area contributed by atoms with Crippen LogP contribution in [0.5, 0.6) is 11.5 Å². The zero-order chi connectivity index (χ0) is 20.4. The van der Waals surface area contributed by atoms with E-state index in [-0.39, 0.29) is 17.6 Å². The van der Waals surface area contributed by atoms with E-state index in [0.717, 1.165) is 27.8 Å². The molecule has 0 aliphatic carbocycles. The lowest BCUT2D eigenvalue weighted by atomic mass is 9.89. The van der Waals surface area contributed by atoms with E-state index in [0.29, 0.717) is 12.8 Å². The zero-order valence-corrected chi connectivity index (χ0v) is 17.1. The number of benzene rings is 3. The molecule has 0 fully saturated rings. The molecule has 1 aliphatic rings. The highest BCUT2D eigenvalue weighted by Gasteiger charge is 2.35. The second kappa shape index (κ2) is 7.78. The first kappa shape index (κ1) is 19.3. The van der Waals surface area contributed by atoms with Crippen molar-refractivity contribution in [2.45, 2.75) is 51.4 Å². The Balaban J connectivity index is 1.55. The molecule has 0 aromatic heterocycles. The smallest absolute Gasteiger partial charge is 0.261 e. The first-order valence-electron chi connectivity index (χ1n) is 10.2. The summed E-state index contributed by atoms with van der Waals surface area (Å²) in [4.78, 5) is 13.1. The molecule has 2 atom stereocenters. The van der Waals surface area contributed by atoms with Crippen molar-refractivity contribution in [1.29, 1.82) is 0 Å². The number of rotatable bonds is 5. The van der Waals surface area contributed by atoms with Crippen molar-refractivity contribution in [1.82, 2.24) is 5.32 Å². The Morgan fingerprint density at radius 2 is 1.83 bits per heavy atom. The van der Waals surface area contributed by atoms with Crippen molar-refractivity contribution in [3.8, 4) is 11.5 Å². The fourth-order valence-corrected chi connectivity index (χ4v) is 3.97. The molecule has 0 saturated carbocycles. The summed E-state index contributed by atoms with van der Waals surface area (Å²) in [7, 11) is 0. The van der Waals surface area contributed by atoms with E-state index in [1.54, 1.807) is 0 Å². The van der Waals surface area contributed by atoms with E-state index in [1.165, 1.54) is 0 Å². The summed E-state index contributed by atoms with van der Waals surface area (Å²) in [6, 6.07) is 21.8. The number of hydrogen-bond donors (Lipinski definition) is 1. The molecule has 4 nitrogen and oxygen atoms in total. The number of carbonyl (C=O) groups excluding carboxylic acids is 1. The molecule has 0 bridgehead atoms. The Morgan fingerprint density at radius 1 is 1.10 bits per heavy atom. The first-order valence-corrected chi connectivity index (χ1v) is 10.2. The predicted molar refractivity (Wildman–Crippen MR) is 115 cm³/mol. The van der Waals surface area contributed by atoms with Crippen LogP contribution in [0.15, 0.2) is 66.7 Å². The van der Waals surface area contributed by atoms with Gasteiger partial charge in [-0.05, 0) is 37.8 Å². The van der Waals surface area contributed by atoms with Gasteiger partial charge < -0.3 is 14.8 Å². The van der Waals surface area contributed by atoms with E-state index >= 15 is 0 Å². The predicted octanol–water partition coefficient (Wildman–Crippen LogP) is 5.42. The van der Waals surface area contributed by atoms with Gasteiger partial charge in [0.15, 0.2) is 6.10 Å². The molecule has 3 aromatic rings. The van der Waals surface area contributed by atoms with Gasteiger partial charge in [-0.2, -0.15) is 0 Å². The molecule has 0 saturated heterocycles. The Bertz CT molecular complexity index is 1020. The average molecular weight is 389 g/mol. The van der Waals surface area contributed by atoms with Crippen LogP contribution in [-0.2, 0) is 4.79 Å². The molecule has 4 heteroatoms. The second-order valence-electron chi connectivity index (χ2n) is 8.16. The van der Waals surface area contributed by atoms with Crippen LogP contribution in [0.3, 0.4) is 0 Å². The molecule has 3 aromatic carbocycles. The number of ether oxygens (including phenoxy) is 2. The van der Waals surface area contributed by atoms with Crippen molar-refractivity contribution in [3.05, 3.63) is 72.3 Å². The minimum atomic E-state index is -0.557. The highest BCUT2D eigenvalue weighted by molar-refractivity contribution is 5.89. The summed E-state index contributed by atoms with van der Waals surface area (Å²) in [6.45, 7) is 6.06. The summed E-state index contributed by atoms with van der Waals surface area (Å²) >= 11 is 0. The highest BCUT2D eigenvalue weighted by Crippen LogP contribution is 2.39. The van der Waals surface area contributed by atoms with Gasteiger partial charge in [0, 0.05) is 17.4 Å². The Hall–Kier alpha value is -3.01. The van der Waals surface area contributed by atoms with Gasteiger partial charge in [0.25, 0.3) is 5.91 Å². The minimum absolute atomic E-state index is 0.0991. The maximum atomic E-state index is 13.1. The zero-order valence-electron chi connectivity index (χ0n) is 17.1. The van der Waals surface area contributed by atoms with E-state index in [9.17, 15) is 4.79 Å². The summed E-state index contributed by atoms with van der Waals surface area (Å²) in [5.74, 6) is 1.47. The van der Waals surface area contributed by atoms with E-state index in [4.69, 9.17) is 9.47 Å². The van der Waals surface area contributed by atoms with Gasteiger partial charge in [-0.1, -0.05) is 61.5 Å². The molecular formula is C25H27NO3. The molecule has 1 aliphatic heterocycles. The molecule has 0 spiro atoms. The number of hydrogen-bond acceptors (Lipinski definition) is 3. The van der Waals surface area contributed by atoms with Gasteiger partial charge in [-0.25, -0.2) is 0 Å². The van der Waals surface area contributed by atoms with Crippen molar-refractivity contribution in [3.63, 3.8) is 0 Å². The van der Waals surface area contributed by atoms with Crippen LogP contribution in [0.2, 0.25) is 0 Å². The van der Waals surface area contributed by atoms with E-state index in [2.05, 4.69) is 5.32 Å². The van der Waals surface area contributed by atoms with Crippen LogP contribution >= 0.6 is 0 Å². The van der Waals surface area contributed by atoms with Crippen molar-refractivity contribution < 1.29 is 14.3 Å². The molecule has 4 rings (SSSR count). The number of carbonyl (C=O) groups is 1. The molecule has 150 valence electrons. The van der Waals surface area contributed by atoms with Gasteiger partial charge >= 0.3 is 0 Å². The minimum Gasteiger partial charge on any atom is -0.487 e. The van der Waals surface area contributed by atoms with E-state index < -0.39 is 6.10 Å². The SMILES string of the molecule is CCC(Oc1cccc2ccccc12)C(=O)NC1CC(C)(C)Oc2ccccc21. The monoisotopic (exact) mass is 389 g/mol. The van der Waals surface area contributed by atoms with Crippen molar-refractivity contribution >= 4 is 16.7 Å². The van der Waals surface area contributed by atoms with Crippen molar-refractivity contribution in [2.24, 2.45) is 0 Å². The van der Waals surface area contributed by atoms with Crippen LogP contribution in [0, 0.1) is 0 Å². The standard InChI is InChI=1S/C25H27NO3/c1-4-21(28-22-15-9-11-17-10-5-6-12-18(17)22)24(27)26-20-16-25(2,3)29-23-14-8-7-13-19(20)23/h5-15,20-21H,4,16H2,1-3H3,(H,26,27). The Labute approximate surface area is 171 Å². The first-order chi connectivity index (χ1) is 14.0. The molecular weight excluding hydrogens is 362 g/mol. The average Bonchev–Trinajstić information content (AvgIpc) is 2.71. The summed E-state index contributed by atoms with van der Waals surface area (Å²) < 4.78 is 12.3. The fourth-order valence-electron chi connectivity index (χ4n) is 3.97. The van der Waals surface area contributed by atoms with Gasteiger partial charge in [0.05, 0.1) is 6.04 Å². The van der Waals surface area contributed by atoms with Gasteiger partial charge in [0.1, 0.15) is 17.1 Å². The van der Waals surface area contributed by atoms with E-state index in [1.807, 2.05) is 87.5 Å².